The van der Waals surface area contributed by atoms with Gasteiger partial charge in [-0.3, -0.25) is 0 Å². The number of rotatable bonds is 2. The molecule has 1 saturated heterocycles. The Bertz CT molecular complexity index is 436. The van der Waals surface area contributed by atoms with Gasteiger partial charge >= 0.3 is 6.09 Å². The lowest BCUT2D eigenvalue weighted by atomic mass is 10.1. The van der Waals surface area contributed by atoms with E-state index in [0.717, 1.165) is 5.56 Å². The topological polar surface area (TPSA) is 38.8 Å². The van der Waals surface area contributed by atoms with Gasteiger partial charge in [0.05, 0.1) is 13.2 Å². The van der Waals surface area contributed by atoms with Crippen LogP contribution in [0.3, 0.4) is 0 Å². The summed E-state index contributed by atoms with van der Waals surface area (Å²) in [6, 6.07) is 7.40. The zero-order valence-electron chi connectivity index (χ0n) is 10.5. The maximum absolute atomic E-state index is 11.8. The highest BCUT2D eigenvalue weighted by Gasteiger charge is 2.26. The molecule has 0 N–H and O–H groups in total. The fourth-order valence-corrected chi connectivity index (χ4v) is 2.11. The summed E-state index contributed by atoms with van der Waals surface area (Å²) < 4.78 is 10.6. The number of hydrogen-bond donors (Lipinski definition) is 0. The van der Waals surface area contributed by atoms with Crippen molar-refractivity contribution in [2.45, 2.75) is 18.6 Å². The highest BCUT2D eigenvalue weighted by molar-refractivity contribution is 6.30. The van der Waals surface area contributed by atoms with Crippen molar-refractivity contribution in [1.29, 1.82) is 0 Å². The van der Waals surface area contributed by atoms with Gasteiger partial charge in [0, 0.05) is 11.6 Å². The predicted molar refractivity (Wildman–Crippen MR) is 73.5 cm³/mol. The number of hydrogen-bond acceptors (Lipinski definition) is 3. The SMILES string of the molecule is CC(Cl)OC(=O)N1CCO[C@@H](c2ccc(Cl)cc2)C1. The summed E-state index contributed by atoms with van der Waals surface area (Å²) in [5, 5.41) is 0.673. The summed E-state index contributed by atoms with van der Waals surface area (Å²) in [6.45, 7) is 3.03. The van der Waals surface area contributed by atoms with Crippen LogP contribution in [0.5, 0.6) is 0 Å². The molecular weight excluding hydrogens is 289 g/mol. The van der Waals surface area contributed by atoms with Crippen LogP contribution < -0.4 is 0 Å². The molecule has 6 heteroatoms. The number of amides is 1. The fourth-order valence-electron chi connectivity index (χ4n) is 1.91. The second-order valence-electron chi connectivity index (χ2n) is 4.28. The van der Waals surface area contributed by atoms with Gasteiger partial charge in [0.1, 0.15) is 6.10 Å². The van der Waals surface area contributed by atoms with E-state index < -0.39 is 11.7 Å². The monoisotopic (exact) mass is 303 g/mol. The molecule has 1 aliphatic rings. The van der Waals surface area contributed by atoms with E-state index in [-0.39, 0.29) is 6.10 Å². The molecule has 0 bridgehead atoms. The van der Waals surface area contributed by atoms with Crippen LogP contribution in [-0.2, 0) is 9.47 Å². The molecule has 1 fully saturated rings. The molecule has 0 spiro atoms. The first-order valence-electron chi connectivity index (χ1n) is 6.03. The van der Waals surface area contributed by atoms with Crippen molar-refractivity contribution in [3.05, 3.63) is 34.9 Å². The number of benzene rings is 1. The Morgan fingerprint density at radius 3 is 2.79 bits per heavy atom. The predicted octanol–water partition coefficient (Wildman–Crippen LogP) is 3.43. The van der Waals surface area contributed by atoms with Crippen LogP contribution in [0.2, 0.25) is 5.02 Å². The molecular formula is C13H15Cl2NO3. The van der Waals surface area contributed by atoms with Gasteiger partial charge in [0.15, 0.2) is 5.56 Å². The Labute approximate surface area is 122 Å². The molecule has 2 rings (SSSR count). The van der Waals surface area contributed by atoms with Crippen LogP contribution in [0, 0.1) is 0 Å². The van der Waals surface area contributed by atoms with E-state index in [4.69, 9.17) is 32.7 Å². The van der Waals surface area contributed by atoms with Gasteiger partial charge in [-0.2, -0.15) is 0 Å². The van der Waals surface area contributed by atoms with E-state index in [1.54, 1.807) is 24.0 Å². The molecule has 2 atom stereocenters. The number of ether oxygens (including phenoxy) is 2. The van der Waals surface area contributed by atoms with Crippen molar-refractivity contribution in [2.24, 2.45) is 0 Å². The van der Waals surface area contributed by atoms with Crippen LogP contribution in [0.25, 0.3) is 0 Å². The van der Waals surface area contributed by atoms with E-state index in [0.29, 0.717) is 24.7 Å². The maximum atomic E-state index is 11.8. The van der Waals surface area contributed by atoms with E-state index in [1.807, 2.05) is 12.1 Å². The summed E-state index contributed by atoms with van der Waals surface area (Å²) in [6.07, 6.45) is -0.575. The zero-order valence-corrected chi connectivity index (χ0v) is 12.0. The molecule has 104 valence electrons. The molecule has 0 aromatic heterocycles. The van der Waals surface area contributed by atoms with Crippen LogP contribution in [0.15, 0.2) is 24.3 Å². The summed E-state index contributed by atoms with van der Waals surface area (Å²) in [4.78, 5) is 13.4. The summed E-state index contributed by atoms with van der Waals surface area (Å²) >= 11 is 11.5. The molecule has 0 aliphatic carbocycles. The first kappa shape index (κ1) is 14.4. The molecule has 1 heterocycles. The first-order chi connectivity index (χ1) is 9.06. The lowest BCUT2D eigenvalue weighted by Crippen LogP contribution is -2.43. The molecule has 1 aromatic rings. The Hall–Kier alpha value is -0.970. The van der Waals surface area contributed by atoms with Crippen molar-refractivity contribution in [3.8, 4) is 0 Å². The lowest BCUT2D eigenvalue weighted by Gasteiger charge is -2.32. The van der Waals surface area contributed by atoms with Gasteiger partial charge in [0.25, 0.3) is 0 Å². The van der Waals surface area contributed by atoms with Crippen molar-refractivity contribution in [2.75, 3.05) is 19.7 Å². The molecule has 19 heavy (non-hydrogen) atoms. The largest absolute Gasteiger partial charge is 0.430 e. The standard InChI is InChI=1S/C13H15Cl2NO3/c1-9(14)19-13(17)16-6-7-18-12(8-16)10-2-4-11(15)5-3-10/h2-5,9,12H,6-8H2,1H3/t9?,12-/m1/s1. The summed E-state index contributed by atoms with van der Waals surface area (Å²) in [7, 11) is 0. The van der Waals surface area contributed by atoms with Gasteiger partial charge in [-0.1, -0.05) is 35.3 Å². The summed E-state index contributed by atoms with van der Waals surface area (Å²) in [5.74, 6) is 0. The van der Waals surface area contributed by atoms with Gasteiger partial charge in [-0.05, 0) is 24.6 Å². The van der Waals surface area contributed by atoms with E-state index in [9.17, 15) is 4.79 Å². The van der Waals surface area contributed by atoms with Gasteiger partial charge in [-0.25, -0.2) is 4.79 Å². The van der Waals surface area contributed by atoms with Crippen LogP contribution in [0.4, 0.5) is 4.79 Å². The lowest BCUT2D eigenvalue weighted by molar-refractivity contribution is -0.0296. The number of carbonyl (C=O) groups is 1. The molecule has 1 aromatic carbocycles. The molecule has 0 saturated carbocycles. The normalized spacial score (nSPS) is 21.0. The molecule has 1 amide bonds. The highest BCUT2D eigenvalue weighted by atomic mass is 35.5. The average molecular weight is 304 g/mol. The van der Waals surface area contributed by atoms with Crippen molar-refractivity contribution in [3.63, 3.8) is 0 Å². The van der Waals surface area contributed by atoms with Crippen LogP contribution in [0.1, 0.15) is 18.6 Å². The number of alkyl halides is 1. The number of nitrogens with zero attached hydrogens (tertiary/aromatic N) is 1. The third-order valence-electron chi connectivity index (χ3n) is 2.83. The maximum Gasteiger partial charge on any atom is 0.411 e. The number of halogens is 2. The van der Waals surface area contributed by atoms with Crippen molar-refractivity contribution in [1.82, 2.24) is 4.90 Å². The van der Waals surface area contributed by atoms with E-state index >= 15 is 0 Å². The minimum absolute atomic E-state index is 0.163. The first-order valence-corrected chi connectivity index (χ1v) is 6.84. The van der Waals surface area contributed by atoms with Crippen molar-refractivity contribution >= 4 is 29.3 Å². The Morgan fingerprint density at radius 1 is 1.47 bits per heavy atom. The molecule has 1 aliphatic heterocycles. The van der Waals surface area contributed by atoms with E-state index in [1.165, 1.54) is 0 Å². The Morgan fingerprint density at radius 2 is 2.16 bits per heavy atom. The number of morpholine rings is 1. The van der Waals surface area contributed by atoms with E-state index in [2.05, 4.69) is 0 Å². The second kappa shape index (κ2) is 6.46. The average Bonchev–Trinajstić information content (AvgIpc) is 2.39. The minimum atomic E-state index is -0.635. The zero-order chi connectivity index (χ0) is 13.8. The van der Waals surface area contributed by atoms with Crippen molar-refractivity contribution < 1.29 is 14.3 Å². The minimum Gasteiger partial charge on any atom is -0.430 e. The van der Waals surface area contributed by atoms with Gasteiger partial charge < -0.3 is 14.4 Å². The van der Waals surface area contributed by atoms with Gasteiger partial charge in [-0.15, -0.1) is 0 Å². The third-order valence-corrected chi connectivity index (χ3v) is 3.17. The molecule has 1 unspecified atom stereocenters. The molecule has 0 radical (unpaired) electrons. The number of carbonyl (C=O) groups excluding carboxylic acids is 1. The fraction of sp³-hybridized carbons (Fsp3) is 0.462. The smallest absolute Gasteiger partial charge is 0.411 e. The van der Waals surface area contributed by atoms with Crippen LogP contribution >= 0.6 is 23.2 Å². The second-order valence-corrected chi connectivity index (χ2v) is 5.33. The highest BCUT2D eigenvalue weighted by Crippen LogP contribution is 2.24. The van der Waals surface area contributed by atoms with Gasteiger partial charge in [0.2, 0.25) is 0 Å². The summed E-state index contributed by atoms with van der Waals surface area (Å²) in [5.41, 5.74) is 0.352. The third kappa shape index (κ3) is 4.00. The quantitative estimate of drug-likeness (QED) is 0.786. The van der Waals surface area contributed by atoms with Crippen LogP contribution in [-0.4, -0.2) is 36.3 Å². The Balaban J connectivity index is 2.00. The Kier molecular flexibility index (Phi) is 4.91. The molecule has 4 nitrogen and oxygen atoms in total.